The first-order valence-electron chi connectivity index (χ1n) is 8.18. The minimum Gasteiger partial charge on any atom is -0.463 e. The maximum atomic E-state index is 10.9. The summed E-state index contributed by atoms with van der Waals surface area (Å²) in [7, 11) is 0. The highest BCUT2D eigenvalue weighted by atomic mass is 35.5. The summed E-state index contributed by atoms with van der Waals surface area (Å²) in [5.74, 6) is 0. The second-order valence-electron chi connectivity index (χ2n) is 5.66. The SMILES string of the molecule is O=COCc1cc(C(=O)Cl)cc([N+](=O)[O-])c1.O=COCc1cc(CO)cc([N+](=O)[O-])c1. The first-order chi connectivity index (χ1) is 14.7. The molecule has 0 spiro atoms. The van der Waals surface area contributed by atoms with Crippen LogP contribution in [0.25, 0.3) is 0 Å². The Kier molecular flexibility index (Phi) is 10.2. The van der Waals surface area contributed by atoms with Gasteiger partial charge in [-0.1, -0.05) is 0 Å². The summed E-state index contributed by atoms with van der Waals surface area (Å²) in [6.07, 6.45) is 0. The molecule has 0 aromatic heterocycles. The van der Waals surface area contributed by atoms with Crippen LogP contribution in [0, 0.1) is 20.2 Å². The van der Waals surface area contributed by atoms with E-state index in [0.29, 0.717) is 16.7 Å². The molecule has 2 rings (SSSR count). The number of ether oxygens (including phenoxy) is 2. The molecule has 2 aromatic rings. The minimum absolute atomic E-state index is 0.0136. The third-order valence-corrected chi connectivity index (χ3v) is 3.70. The normalized spacial score (nSPS) is 9.61. The van der Waals surface area contributed by atoms with Gasteiger partial charge in [0.05, 0.1) is 16.5 Å². The van der Waals surface area contributed by atoms with Gasteiger partial charge in [-0.05, 0) is 40.4 Å². The number of rotatable bonds is 10. The van der Waals surface area contributed by atoms with Crippen LogP contribution in [0.5, 0.6) is 0 Å². The van der Waals surface area contributed by atoms with Gasteiger partial charge in [0.2, 0.25) is 0 Å². The van der Waals surface area contributed by atoms with Crippen molar-refractivity contribution in [3.63, 3.8) is 0 Å². The fraction of sp³-hybridized carbons (Fsp3) is 0.167. The molecule has 0 saturated heterocycles. The monoisotopic (exact) mass is 454 g/mol. The maximum absolute atomic E-state index is 10.9. The van der Waals surface area contributed by atoms with Crippen LogP contribution in [0.2, 0.25) is 0 Å². The number of aliphatic hydroxyl groups is 1. The van der Waals surface area contributed by atoms with Crippen molar-refractivity contribution in [1.82, 2.24) is 0 Å². The predicted molar refractivity (Wildman–Crippen MR) is 104 cm³/mol. The largest absolute Gasteiger partial charge is 0.463 e. The van der Waals surface area contributed by atoms with Gasteiger partial charge in [0, 0.05) is 29.8 Å². The zero-order chi connectivity index (χ0) is 23.4. The lowest BCUT2D eigenvalue weighted by molar-refractivity contribution is -0.385. The van der Waals surface area contributed by atoms with E-state index >= 15 is 0 Å². The first-order valence-corrected chi connectivity index (χ1v) is 8.56. The molecule has 0 aliphatic rings. The molecule has 12 nitrogen and oxygen atoms in total. The number of aliphatic hydroxyl groups excluding tert-OH is 1. The van der Waals surface area contributed by atoms with E-state index in [-0.39, 0.29) is 49.7 Å². The van der Waals surface area contributed by atoms with Crippen LogP contribution < -0.4 is 0 Å². The molecule has 31 heavy (non-hydrogen) atoms. The second-order valence-corrected chi connectivity index (χ2v) is 6.00. The van der Waals surface area contributed by atoms with E-state index in [4.69, 9.17) is 16.7 Å². The number of benzene rings is 2. The third-order valence-electron chi connectivity index (χ3n) is 3.48. The molecule has 0 amide bonds. The Balaban J connectivity index is 0.000000311. The Morgan fingerprint density at radius 2 is 1.32 bits per heavy atom. The van der Waals surface area contributed by atoms with Crippen molar-refractivity contribution in [1.29, 1.82) is 0 Å². The average molecular weight is 455 g/mol. The summed E-state index contributed by atoms with van der Waals surface area (Å²) in [6, 6.07) is 7.68. The number of carbonyl (C=O) groups excluding carboxylic acids is 3. The Hall–Kier alpha value is -3.90. The molecule has 0 atom stereocenters. The van der Waals surface area contributed by atoms with Crippen LogP contribution in [0.4, 0.5) is 11.4 Å². The van der Waals surface area contributed by atoms with Crippen molar-refractivity contribution >= 4 is 41.2 Å². The summed E-state index contributed by atoms with van der Waals surface area (Å²) in [6.45, 7) is -0.0191. The molecule has 13 heteroatoms. The number of non-ortho nitro benzene ring substituents is 2. The Morgan fingerprint density at radius 3 is 1.74 bits per heavy atom. The van der Waals surface area contributed by atoms with Gasteiger partial charge in [0.1, 0.15) is 13.2 Å². The lowest BCUT2D eigenvalue weighted by Crippen LogP contribution is -1.98. The Labute approximate surface area is 179 Å². The molecule has 2 aromatic carbocycles. The second kappa shape index (κ2) is 12.6. The summed E-state index contributed by atoms with van der Waals surface area (Å²) in [4.78, 5) is 50.6. The molecular weight excluding hydrogens is 440 g/mol. The van der Waals surface area contributed by atoms with E-state index in [0.717, 1.165) is 6.07 Å². The fourth-order valence-electron chi connectivity index (χ4n) is 2.26. The summed E-state index contributed by atoms with van der Waals surface area (Å²) in [5.41, 5.74) is 0.779. The Morgan fingerprint density at radius 1 is 0.871 bits per heavy atom. The average Bonchev–Trinajstić information content (AvgIpc) is 2.76. The van der Waals surface area contributed by atoms with Gasteiger partial charge in [-0.2, -0.15) is 0 Å². The zero-order valence-corrected chi connectivity index (χ0v) is 16.4. The summed E-state index contributed by atoms with van der Waals surface area (Å²) >= 11 is 5.21. The molecule has 0 aliphatic heterocycles. The topological polar surface area (TPSA) is 176 Å². The smallest absolute Gasteiger partial charge is 0.293 e. The van der Waals surface area contributed by atoms with Gasteiger partial charge in [0.15, 0.2) is 0 Å². The van der Waals surface area contributed by atoms with Crippen LogP contribution in [0.15, 0.2) is 36.4 Å². The van der Waals surface area contributed by atoms with Gasteiger partial charge in [-0.3, -0.25) is 34.6 Å². The lowest BCUT2D eigenvalue weighted by atomic mass is 10.1. The number of halogens is 1. The summed E-state index contributed by atoms with van der Waals surface area (Å²) in [5, 5.41) is 29.1. The van der Waals surface area contributed by atoms with Crippen molar-refractivity contribution in [3.8, 4) is 0 Å². The minimum atomic E-state index is -0.809. The van der Waals surface area contributed by atoms with Gasteiger partial charge < -0.3 is 14.6 Å². The number of nitro groups is 2. The van der Waals surface area contributed by atoms with Crippen LogP contribution >= 0.6 is 11.6 Å². The van der Waals surface area contributed by atoms with Gasteiger partial charge in [-0.15, -0.1) is 0 Å². The molecule has 0 radical (unpaired) electrons. The highest BCUT2D eigenvalue weighted by Gasteiger charge is 2.13. The number of hydrogen-bond donors (Lipinski definition) is 1. The van der Waals surface area contributed by atoms with Crippen molar-refractivity contribution in [3.05, 3.63) is 78.9 Å². The highest BCUT2D eigenvalue weighted by molar-refractivity contribution is 6.67. The molecule has 164 valence electrons. The van der Waals surface area contributed by atoms with E-state index in [1.54, 1.807) is 0 Å². The number of nitro benzene ring substituents is 2. The standard InChI is InChI=1S/C9H6ClNO5.C9H9NO5/c10-9(13)7-1-6(4-16-5-12)2-8(3-7)11(14)15;11-4-7-1-8(5-15-6-12)3-9(2-7)10(13)14/h1-3,5H,4H2;1-3,6,11H,4-5H2. The molecule has 0 unspecified atom stereocenters. The van der Waals surface area contributed by atoms with Crippen LogP contribution in [-0.2, 0) is 38.9 Å². The van der Waals surface area contributed by atoms with Gasteiger partial charge in [-0.25, -0.2) is 0 Å². The van der Waals surface area contributed by atoms with E-state index in [1.807, 2.05) is 0 Å². The first kappa shape index (κ1) is 25.1. The molecular formula is C18H15ClN2O10. The molecule has 0 saturated carbocycles. The highest BCUT2D eigenvalue weighted by Crippen LogP contribution is 2.19. The molecule has 0 aliphatic carbocycles. The Bertz CT molecular complexity index is 948. The summed E-state index contributed by atoms with van der Waals surface area (Å²) < 4.78 is 8.90. The molecule has 0 fully saturated rings. The third kappa shape index (κ3) is 8.55. The van der Waals surface area contributed by atoms with E-state index in [9.17, 15) is 34.6 Å². The molecule has 1 N–H and O–H groups in total. The van der Waals surface area contributed by atoms with Gasteiger partial charge in [0.25, 0.3) is 29.6 Å². The van der Waals surface area contributed by atoms with E-state index in [2.05, 4.69) is 9.47 Å². The van der Waals surface area contributed by atoms with E-state index < -0.39 is 15.1 Å². The van der Waals surface area contributed by atoms with Gasteiger partial charge >= 0.3 is 0 Å². The fourth-order valence-corrected chi connectivity index (χ4v) is 2.37. The van der Waals surface area contributed by atoms with Crippen LogP contribution in [0.3, 0.4) is 0 Å². The molecule has 0 heterocycles. The van der Waals surface area contributed by atoms with Crippen molar-refractivity contribution in [2.75, 3.05) is 0 Å². The maximum Gasteiger partial charge on any atom is 0.293 e. The number of hydrogen-bond acceptors (Lipinski definition) is 10. The molecule has 0 bridgehead atoms. The van der Waals surface area contributed by atoms with Crippen LogP contribution in [-0.4, -0.2) is 33.1 Å². The quantitative estimate of drug-likeness (QED) is 0.242. The van der Waals surface area contributed by atoms with Crippen molar-refractivity contribution in [2.24, 2.45) is 0 Å². The predicted octanol–water partition coefficient (Wildman–Crippen LogP) is 2.41. The number of carbonyl (C=O) groups is 3. The van der Waals surface area contributed by atoms with Crippen LogP contribution in [0.1, 0.15) is 27.0 Å². The number of nitrogens with zero attached hydrogens (tertiary/aromatic N) is 2. The van der Waals surface area contributed by atoms with E-state index in [1.165, 1.54) is 30.3 Å². The van der Waals surface area contributed by atoms with Crippen molar-refractivity contribution in [2.45, 2.75) is 19.8 Å². The van der Waals surface area contributed by atoms with Crippen molar-refractivity contribution < 1.29 is 38.8 Å². The zero-order valence-electron chi connectivity index (χ0n) is 15.6. The lowest BCUT2D eigenvalue weighted by Gasteiger charge is -2.02.